The summed E-state index contributed by atoms with van der Waals surface area (Å²) in [4.78, 5) is 20.5. The van der Waals surface area contributed by atoms with Gasteiger partial charge in [0, 0.05) is 10.4 Å². The van der Waals surface area contributed by atoms with Crippen LogP contribution in [0.2, 0.25) is 0 Å². The second kappa shape index (κ2) is 7.86. The molecule has 2 aromatic carbocycles. The lowest BCUT2D eigenvalue weighted by molar-refractivity contribution is 0.373. The molecular weight excluding hydrogens is 452 g/mol. The largest absolute Gasteiger partial charge is 0.504 e. The highest BCUT2D eigenvalue weighted by Gasteiger charge is 2.32. The predicted molar refractivity (Wildman–Crippen MR) is 132 cm³/mol. The third-order valence-electron chi connectivity index (χ3n) is 6.19. The van der Waals surface area contributed by atoms with Crippen LogP contribution in [0.5, 0.6) is 11.5 Å². The van der Waals surface area contributed by atoms with Gasteiger partial charge in [0.05, 0.1) is 23.4 Å². The first-order chi connectivity index (χ1) is 16.1. The molecule has 0 spiro atoms. The van der Waals surface area contributed by atoms with Crippen LogP contribution in [-0.4, -0.2) is 16.8 Å². The minimum absolute atomic E-state index is 0.0440. The Morgan fingerprint density at radius 1 is 1.15 bits per heavy atom. The molecule has 3 heterocycles. The maximum absolute atomic E-state index is 13.6. The van der Waals surface area contributed by atoms with Crippen molar-refractivity contribution in [1.29, 1.82) is 0 Å². The van der Waals surface area contributed by atoms with Crippen molar-refractivity contribution in [2.75, 3.05) is 7.11 Å². The van der Waals surface area contributed by atoms with Crippen LogP contribution in [0.4, 0.5) is 0 Å². The van der Waals surface area contributed by atoms with E-state index in [0.717, 1.165) is 34.5 Å². The summed E-state index contributed by atoms with van der Waals surface area (Å²) in [6, 6.07) is 17.5. The number of benzene rings is 2. The first-order valence-corrected chi connectivity index (χ1v) is 12.4. The van der Waals surface area contributed by atoms with E-state index in [9.17, 15) is 9.90 Å². The van der Waals surface area contributed by atoms with E-state index in [4.69, 9.17) is 9.73 Å². The van der Waals surface area contributed by atoms with E-state index < -0.39 is 0 Å². The standard InChI is InChI=1S/C26H20N2O3S2/c1-31-20-11-8-15(13-19(20)29)14-22-25(30)28-24(21-7-4-12-32-21)18-10-9-16-5-2-3-6-17(16)23(18)27-26(28)33-22/h2-8,11-14,24,29H,9-10H2,1H3/b22-14+/t24-/m1/s1. The van der Waals surface area contributed by atoms with Crippen molar-refractivity contribution >= 4 is 34.4 Å². The number of rotatable bonds is 3. The quantitative estimate of drug-likeness (QED) is 0.488. The fourth-order valence-electron chi connectivity index (χ4n) is 4.67. The van der Waals surface area contributed by atoms with E-state index in [2.05, 4.69) is 35.7 Å². The van der Waals surface area contributed by atoms with Gasteiger partial charge in [0.15, 0.2) is 16.3 Å². The molecule has 4 aromatic rings. The van der Waals surface area contributed by atoms with E-state index in [-0.39, 0.29) is 17.4 Å². The number of hydrogen-bond acceptors (Lipinski definition) is 6. The average molecular weight is 473 g/mol. The highest BCUT2D eigenvalue weighted by Crippen LogP contribution is 2.42. The first-order valence-electron chi connectivity index (χ1n) is 10.7. The number of aryl methyl sites for hydroxylation is 1. The lowest BCUT2D eigenvalue weighted by Gasteiger charge is -2.30. The minimum Gasteiger partial charge on any atom is -0.504 e. The number of fused-ring (bicyclic) bond motifs is 3. The number of phenolic OH excluding ortho intramolecular Hbond substituents is 1. The van der Waals surface area contributed by atoms with Crippen LogP contribution in [0.25, 0.3) is 11.8 Å². The minimum atomic E-state index is -0.143. The fourth-order valence-corrected chi connectivity index (χ4v) is 6.52. The molecule has 33 heavy (non-hydrogen) atoms. The van der Waals surface area contributed by atoms with Gasteiger partial charge in [-0.2, -0.15) is 0 Å². The summed E-state index contributed by atoms with van der Waals surface area (Å²) >= 11 is 3.06. The van der Waals surface area contributed by atoms with Crippen molar-refractivity contribution in [3.05, 3.63) is 107 Å². The number of ether oxygens (including phenoxy) is 1. The topological polar surface area (TPSA) is 63.8 Å². The van der Waals surface area contributed by atoms with Crippen LogP contribution in [-0.2, 0) is 6.42 Å². The summed E-state index contributed by atoms with van der Waals surface area (Å²) in [5.74, 6) is 0.445. The highest BCUT2D eigenvalue weighted by atomic mass is 32.1. The molecule has 5 nitrogen and oxygen atoms in total. The van der Waals surface area contributed by atoms with Crippen molar-refractivity contribution in [1.82, 2.24) is 4.57 Å². The summed E-state index contributed by atoms with van der Waals surface area (Å²) in [5.41, 5.74) is 5.36. The summed E-state index contributed by atoms with van der Waals surface area (Å²) in [6.45, 7) is 0. The molecule has 164 valence electrons. The number of thiophene rings is 1. The second-order valence-corrected chi connectivity index (χ2v) is 10.0. The van der Waals surface area contributed by atoms with E-state index in [0.29, 0.717) is 15.1 Å². The number of aromatic nitrogens is 1. The Kier molecular flexibility index (Phi) is 4.81. The number of nitrogens with zero attached hydrogens (tertiary/aromatic N) is 2. The summed E-state index contributed by atoms with van der Waals surface area (Å²) in [6.07, 6.45) is 3.64. The molecule has 2 aliphatic rings. The number of hydrogen-bond donors (Lipinski definition) is 1. The zero-order chi connectivity index (χ0) is 22.5. The third kappa shape index (κ3) is 3.27. The second-order valence-electron chi connectivity index (χ2n) is 8.06. The molecule has 1 aliphatic carbocycles. The van der Waals surface area contributed by atoms with Crippen molar-refractivity contribution < 1.29 is 9.84 Å². The van der Waals surface area contributed by atoms with E-state index in [1.807, 2.05) is 22.8 Å². The van der Waals surface area contributed by atoms with Crippen molar-refractivity contribution in [3.63, 3.8) is 0 Å². The smallest absolute Gasteiger partial charge is 0.271 e. The molecule has 0 bridgehead atoms. The van der Waals surface area contributed by atoms with Gasteiger partial charge in [0.25, 0.3) is 5.56 Å². The highest BCUT2D eigenvalue weighted by molar-refractivity contribution is 7.10. The van der Waals surface area contributed by atoms with Gasteiger partial charge in [-0.3, -0.25) is 9.36 Å². The monoisotopic (exact) mass is 472 g/mol. The molecule has 0 radical (unpaired) electrons. The number of phenols is 1. The first kappa shape index (κ1) is 20.2. The van der Waals surface area contributed by atoms with Crippen LogP contribution in [0.15, 0.2) is 75.3 Å². The number of aromatic hydroxyl groups is 1. The van der Waals surface area contributed by atoms with Gasteiger partial charge in [-0.1, -0.05) is 47.7 Å². The molecule has 0 saturated carbocycles. The van der Waals surface area contributed by atoms with Crippen LogP contribution in [0.1, 0.15) is 34.0 Å². The SMILES string of the molecule is COc1ccc(/C=c2/sc3n(c2=O)[C@@H](c2cccs2)C2=C(N=3)c3ccccc3CC2)cc1O. The van der Waals surface area contributed by atoms with Crippen LogP contribution >= 0.6 is 22.7 Å². The Hall–Kier alpha value is -3.42. The average Bonchev–Trinajstić information content (AvgIpc) is 3.46. The van der Waals surface area contributed by atoms with Gasteiger partial charge in [-0.15, -0.1) is 11.3 Å². The molecule has 1 atom stereocenters. The van der Waals surface area contributed by atoms with Gasteiger partial charge in [0.2, 0.25) is 0 Å². The summed E-state index contributed by atoms with van der Waals surface area (Å²) in [5, 5.41) is 12.2. The van der Waals surface area contributed by atoms with E-state index in [1.165, 1.54) is 29.6 Å². The Balaban J connectivity index is 1.59. The fraction of sp³-hybridized carbons (Fsp3) is 0.154. The molecule has 1 N–H and O–H groups in total. The van der Waals surface area contributed by atoms with Crippen molar-refractivity contribution in [2.45, 2.75) is 18.9 Å². The Morgan fingerprint density at radius 3 is 2.82 bits per heavy atom. The molecule has 0 saturated heterocycles. The zero-order valence-corrected chi connectivity index (χ0v) is 19.5. The normalized spacial score (nSPS) is 17.2. The van der Waals surface area contributed by atoms with Crippen molar-refractivity contribution in [2.24, 2.45) is 4.99 Å². The van der Waals surface area contributed by atoms with E-state index >= 15 is 0 Å². The summed E-state index contributed by atoms with van der Waals surface area (Å²) < 4.78 is 7.57. The molecular formula is C26H20N2O3S2. The molecule has 6 rings (SSSR count). The van der Waals surface area contributed by atoms with Gasteiger partial charge in [-0.25, -0.2) is 4.99 Å². The maximum Gasteiger partial charge on any atom is 0.271 e. The molecule has 2 aromatic heterocycles. The van der Waals surface area contributed by atoms with E-state index in [1.54, 1.807) is 23.5 Å². The summed E-state index contributed by atoms with van der Waals surface area (Å²) in [7, 11) is 1.51. The predicted octanol–water partition coefficient (Wildman–Crippen LogP) is 4.09. The van der Waals surface area contributed by atoms with Crippen molar-refractivity contribution in [3.8, 4) is 11.5 Å². The van der Waals surface area contributed by atoms with Gasteiger partial charge < -0.3 is 9.84 Å². The Morgan fingerprint density at radius 2 is 2.03 bits per heavy atom. The lowest BCUT2D eigenvalue weighted by Crippen LogP contribution is -2.38. The molecule has 0 unspecified atom stereocenters. The third-order valence-corrected chi connectivity index (χ3v) is 8.09. The van der Waals surface area contributed by atoms with Crippen LogP contribution < -0.4 is 19.6 Å². The van der Waals surface area contributed by atoms with Gasteiger partial charge in [-0.05, 0) is 59.2 Å². The van der Waals surface area contributed by atoms with Gasteiger partial charge in [0.1, 0.15) is 0 Å². The molecule has 1 aliphatic heterocycles. The maximum atomic E-state index is 13.6. The Labute approximate surface area is 197 Å². The number of methoxy groups -OCH3 is 1. The Bertz CT molecular complexity index is 1590. The van der Waals surface area contributed by atoms with Gasteiger partial charge >= 0.3 is 0 Å². The van der Waals surface area contributed by atoms with Crippen LogP contribution in [0.3, 0.4) is 0 Å². The zero-order valence-electron chi connectivity index (χ0n) is 17.8. The van der Waals surface area contributed by atoms with Crippen LogP contribution in [0, 0.1) is 0 Å². The number of allylic oxidation sites excluding steroid dienone is 1. The number of thiazole rings is 1. The molecule has 0 fully saturated rings. The lowest BCUT2D eigenvalue weighted by atomic mass is 9.85. The molecule has 7 heteroatoms. The molecule has 0 amide bonds.